The molecule has 0 spiro atoms. The van der Waals surface area contributed by atoms with Gasteiger partial charge in [-0.25, -0.2) is 9.78 Å². The van der Waals surface area contributed by atoms with E-state index in [1.165, 1.54) is 0 Å². The molecule has 1 fully saturated rings. The van der Waals surface area contributed by atoms with Crippen molar-refractivity contribution in [1.29, 1.82) is 0 Å². The lowest BCUT2D eigenvalue weighted by Gasteiger charge is -2.40. The zero-order valence-electron chi connectivity index (χ0n) is 14.2. The monoisotopic (exact) mass is 353 g/mol. The van der Waals surface area contributed by atoms with Gasteiger partial charge in [0.1, 0.15) is 0 Å². The Morgan fingerprint density at radius 3 is 2.81 bits per heavy atom. The molecule has 7 nitrogen and oxygen atoms in total. The molecule has 4 rings (SSSR count). The molecule has 2 aromatic carbocycles. The fourth-order valence-electron chi connectivity index (χ4n) is 3.24. The largest absolute Gasteiger partial charge is 0.465 e. The van der Waals surface area contributed by atoms with Crippen LogP contribution in [0.1, 0.15) is 24.5 Å². The van der Waals surface area contributed by atoms with E-state index in [0.29, 0.717) is 12.1 Å². The number of ether oxygens (including phenoxy) is 2. The number of nitrogens with zero attached hydrogens (tertiary/aromatic N) is 1. The molecule has 1 amide bonds. The van der Waals surface area contributed by atoms with Crippen molar-refractivity contribution < 1.29 is 19.4 Å². The van der Waals surface area contributed by atoms with Gasteiger partial charge in [0, 0.05) is 11.1 Å². The fourth-order valence-corrected chi connectivity index (χ4v) is 3.24. The number of anilines is 1. The average molecular weight is 353 g/mol. The van der Waals surface area contributed by atoms with E-state index in [9.17, 15) is 4.79 Å². The van der Waals surface area contributed by atoms with Gasteiger partial charge in [-0.05, 0) is 25.5 Å². The van der Waals surface area contributed by atoms with Crippen LogP contribution in [0.15, 0.2) is 48.5 Å². The van der Waals surface area contributed by atoms with Gasteiger partial charge in [0.05, 0.1) is 23.7 Å². The number of amides is 1. The van der Waals surface area contributed by atoms with Crippen LogP contribution in [0.4, 0.5) is 10.7 Å². The summed E-state index contributed by atoms with van der Waals surface area (Å²) in [5.41, 5.74) is 3.08. The van der Waals surface area contributed by atoms with Crippen molar-refractivity contribution in [2.75, 3.05) is 11.9 Å². The lowest BCUT2D eigenvalue weighted by Crippen LogP contribution is -2.42. The molecule has 1 aromatic heterocycles. The van der Waals surface area contributed by atoms with Crippen LogP contribution in [0.5, 0.6) is 0 Å². The number of carbonyl (C=O) groups is 1. The number of carboxylic acid groups (broad SMARTS) is 1. The molecule has 3 aromatic rings. The van der Waals surface area contributed by atoms with Crippen LogP contribution in [0.3, 0.4) is 0 Å². The van der Waals surface area contributed by atoms with Crippen molar-refractivity contribution in [3.05, 3.63) is 59.7 Å². The Bertz CT molecular complexity index is 940. The Hall–Kier alpha value is -2.90. The molecule has 0 saturated carbocycles. The molecule has 7 heteroatoms. The van der Waals surface area contributed by atoms with Gasteiger partial charge in [0.25, 0.3) is 0 Å². The van der Waals surface area contributed by atoms with Crippen molar-refractivity contribution in [3.8, 4) is 0 Å². The second-order valence-electron chi connectivity index (χ2n) is 6.30. The quantitative estimate of drug-likeness (QED) is 0.667. The first-order chi connectivity index (χ1) is 12.6. The summed E-state index contributed by atoms with van der Waals surface area (Å²) >= 11 is 0. The van der Waals surface area contributed by atoms with E-state index >= 15 is 0 Å². The molecule has 3 N–H and O–H groups in total. The number of rotatable bonds is 3. The Morgan fingerprint density at radius 2 is 2.08 bits per heavy atom. The van der Waals surface area contributed by atoms with Gasteiger partial charge in [-0.2, -0.15) is 0 Å². The first kappa shape index (κ1) is 16.6. The summed E-state index contributed by atoms with van der Waals surface area (Å²) in [6, 6.07) is 15.4. The van der Waals surface area contributed by atoms with E-state index in [2.05, 4.69) is 15.3 Å². The molecule has 0 bridgehead atoms. The minimum absolute atomic E-state index is 0.0445. The smallest absolute Gasteiger partial charge is 0.411 e. The fraction of sp³-hybridized carbons (Fsp3) is 0.263. The zero-order valence-corrected chi connectivity index (χ0v) is 14.2. The Balaban J connectivity index is 1.82. The molecule has 1 saturated heterocycles. The van der Waals surface area contributed by atoms with Crippen molar-refractivity contribution in [2.24, 2.45) is 0 Å². The molecular weight excluding hydrogens is 334 g/mol. The van der Waals surface area contributed by atoms with Gasteiger partial charge in [-0.15, -0.1) is 0 Å². The number of benzene rings is 2. The molecular formula is C19H19N3O4. The maximum absolute atomic E-state index is 10.8. The summed E-state index contributed by atoms with van der Waals surface area (Å²) in [7, 11) is 0. The van der Waals surface area contributed by atoms with Gasteiger partial charge >= 0.3 is 6.09 Å². The topological polar surface area (TPSA) is 96.5 Å². The van der Waals surface area contributed by atoms with Gasteiger partial charge in [-0.3, -0.25) is 5.32 Å². The average Bonchev–Trinajstić information content (AvgIpc) is 3.03. The lowest BCUT2D eigenvalue weighted by atomic mass is 9.95. The molecule has 26 heavy (non-hydrogen) atoms. The van der Waals surface area contributed by atoms with E-state index in [1.807, 2.05) is 55.5 Å². The number of imidazole rings is 1. The van der Waals surface area contributed by atoms with Crippen molar-refractivity contribution >= 4 is 23.1 Å². The third kappa shape index (κ3) is 2.91. The number of fused-ring (bicyclic) bond motifs is 1. The van der Waals surface area contributed by atoms with Gasteiger partial charge in [0.2, 0.25) is 11.7 Å². The van der Waals surface area contributed by atoms with Crippen LogP contribution in [0.2, 0.25) is 0 Å². The minimum atomic E-state index is -1.17. The molecule has 2 heterocycles. The number of hydrogen-bond donors (Lipinski definition) is 3. The highest BCUT2D eigenvalue weighted by molar-refractivity contribution is 5.85. The number of hydrogen-bond acceptors (Lipinski definition) is 4. The van der Waals surface area contributed by atoms with Crippen molar-refractivity contribution in [3.63, 3.8) is 0 Å². The SMILES string of the molecule is CC1CCOC(c2ccccc2)(c2ccc3[nH]c(NC(=O)O)nc3c2)O1. The lowest BCUT2D eigenvalue weighted by molar-refractivity contribution is -0.274. The van der Waals surface area contributed by atoms with E-state index in [4.69, 9.17) is 14.6 Å². The summed E-state index contributed by atoms with van der Waals surface area (Å²) in [5, 5.41) is 11.1. The van der Waals surface area contributed by atoms with E-state index < -0.39 is 11.9 Å². The Labute approximate surface area is 150 Å². The molecule has 134 valence electrons. The molecule has 2 atom stereocenters. The maximum atomic E-state index is 10.8. The van der Waals surface area contributed by atoms with Crippen LogP contribution >= 0.6 is 0 Å². The Kier molecular flexibility index (Phi) is 4.10. The maximum Gasteiger partial charge on any atom is 0.411 e. The summed E-state index contributed by atoms with van der Waals surface area (Å²) < 4.78 is 12.5. The van der Waals surface area contributed by atoms with Gasteiger partial charge in [0.15, 0.2) is 0 Å². The number of nitrogens with one attached hydrogen (secondary N) is 2. The second kappa shape index (κ2) is 6.44. The van der Waals surface area contributed by atoms with Crippen LogP contribution in [0, 0.1) is 0 Å². The van der Waals surface area contributed by atoms with Gasteiger partial charge < -0.3 is 19.6 Å². The Morgan fingerprint density at radius 1 is 1.27 bits per heavy atom. The first-order valence-corrected chi connectivity index (χ1v) is 8.44. The normalized spacial score (nSPS) is 23.0. The molecule has 0 aliphatic carbocycles. The first-order valence-electron chi connectivity index (χ1n) is 8.44. The summed E-state index contributed by atoms with van der Waals surface area (Å²) in [6.07, 6.45) is -0.299. The highest BCUT2D eigenvalue weighted by Crippen LogP contribution is 2.40. The van der Waals surface area contributed by atoms with Crippen LogP contribution < -0.4 is 5.32 Å². The highest BCUT2D eigenvalue weighted by Gasteiger charge is 2.41. The minimum Gasteiger partial charge on any atom is -0.465 e. The highest BCUT2D eigenvalue weighted by atomic mass is 16.7. The van der Waals surface area contributed by atoms with E-state index in [0.717, 1.165) is 23.1 Å². The summed E-state index contributed by atoms with van der Waals surface area (Å²) in [6.45, 7) is 2.61. The van der Waals surface area contributed by atoms with Crippen LogP contribution in [0.25, 0.3) is 11.0 Å². The number of aromatic amines is 1. The standard InChI is InChI=1S/C19H19N3O4/c1-12-9-10-25-19(26-12,13-5-3-2-4-6-13)14-7-8-15-16(11-14)21-17(20-15)22-18(23)24/h2-8,11-12H,9-10H2,1H3,(H,23,24)(H2,20,21,22). The summed E-state index contributed by atoms with van der Waals surface area (Å²) in [5.74, 6) is -0.829. The predicted octanol–water partition coefficient (Wildman–Crippen LogP) is 3.68. The molecule has 0 radical (unpaired) electrons. The van der Waals surface area contributed by atoms with Crippen LogP contribution in [-0.2, 0) is 15.3 Å². The van der Waals surface area contributed by atoms with Crippen molar-refractivity contribution in [1.82, 2.24) is 9.97 Å². The number of aromatic nitrogens is 2. The van der Waals surface area contributed by atoms with E-state index in [-0.39, 0.29) is 12.1 Å². The van der Waals surface area contributed by atoms with Gasteiger partial charge in [-0.1, -0.05) is 36.4 Å². The molecule has 1 aliphatic rings. The summed E-state index contributed by atoms with van der Waals surface area (Å²) in [4.78, 5) is 18.0. The molecule has 1 aliphatic heterocycles. The second-order valence-corrected chi connectivity index (χ2v) is 6.30. The third-order valence-electron chi connectivity index (χ3n) is 4.44. The number of H-pyrrole nitrogens is 1. The van der Waals surface area contributed by atoms with E-state index in [1.54, 1.807) is 0 Å². The zero-order chi connectivity index (χ0) is 18.1. The predicted molar refractivity (Wildman–Crippen MR) is 96.1 cm³/mol. The molecule has 2 unspecified atom stereocenters. The third-order valence-corrected chi connectivity index (χ3v) is 4.44. The van der Waals surface area contributed by atoms with Crippen LogP contribution in [-0.4, -0.2) is 33.9 Å². The van der Waals surface area contributed by atoms with Crippen molar-refractivity contribution in [2.45, 2.75) is 25.2 Å².